The number of benzene rings is 1. The monoisotopic (exact) mass is 244 g/mol. The molecule has 0 saturated heterocycles. The fraction of sp³-hybridized carbons (Fsp3) is 0.231. The molecule has 0 aliphatic rings. The molecule has 0 fully saturated rings. The van der Waals surface area contributed by atoms with Gasteiger partial charge in [0.1, 0.15) is 0 Å². The van der Waals surface area contributed by atoms with Crippen molar-refractivity contribution in [1.82, 2.24) is 15.5 Å². The zero-order valence-corrected chi connectivity index (χ0v) is 10.4. The van der Waals surface area contributed by atoms with Gasteiger partial charge in [0.05, 0.1) is 11.8 Å². The maximum Gasteiger partial charge on any atom is 0.259 e. The number of amides is 1. The molecule has 0 bridgehead atoms. The molecule has 5 nitrogen and oxygen atoms in total. The molecular formula is C13H16N4O. The first kappa shape index (κ1) is 12.3. The number of H-pyrrole nitrogens is 1. The van der Waals surface area contributed by atoms with Gasteiger partial charge in [-0.25, -0.2) is 0 Å². The number of rotatable bonds is 4. The third-order valence-electron chi connectivity index (χ3n) is 2.67. The smallest absolute Gasteiger partial charge is 0.259 e. The molecule has 0 radical (unpaired) electrons. The van der Waals surface area contributed by atoms with Gasteiger partial charge in [-0.15, -0.1) is 0 Å². The highest BCUT2D eigenvalue weighted by Crippen LogP contribution is 2.12. The summed E-state index contributed by atoms with van der Waals surface area (Å²) >= 11 is 0. The molecule has 0 saturated carbocycles. The lowest BCUT2D eigenvalue weighted by atomic mass is 10.2. The Morgan fingerprint density at radius 1 is 1.33 bits per heavy atom. The van der Waals surface area contributed by atoms with Gasteiger partial charge in [-0.05, 0) is 31.7 Å². The average Bonchev–Trinajstić information content (AvgIpc) is 2.78. The first-order valence-corrected chi connectivity index (χ1v) is 5.75. The average molecular weight is 244 g/mol. The lowest BCUT2D eigenvalue weighted by Gasteiger charge is -2.05. The number of hydrogen-bond donors (Lipinski definition) is 3. The SMILES string of the molecule is CNCc1ccc(NC(=O)c2cn[nH]c2C)cc1. The Kier molecular flexibility index (Phi) is 3.74. The van der Waals surface area contributed by atoms with Crippen molar-refractivity contribution in [1.29, 1.82) is 0 Å². The fourth-order valence-corrected chi connectivity index (χ4v) is 1.69. The van der Waals surface area contributed by atoms with E-state index < -0.39 is 0 Å². The van der Waals surface area contributed by atoms with Crippen molar-refractivity contribution in [2.75, 3.05) is 12.4 Å². The van der Waals surface area contributed by atoms with Crippen molar-refractivity contribution in [3.63, 3.8) is 0 Å². The zero-order valence-electron chi connectivity index (χ0n) is 10.4. The Morgan fingerprint density at radius 2 is 2.06 bits per heavy atom. The van der Waals surface area contributed by atoms with Crippen LogP contribution in [0.3, 0.4) is 0 Å². The number of hydrogen-bond acceptors (Lipinski definition) is 3. The van der Waals surface area contributed by atoms with Crippen LogP contribution in [0.5, 0.6) is 0 Å². The van der Waals surface area contributed by atoms with Crippen LogP contribution in [0.4, 0.5) is 5.69 Å². The molecule has 3 N–H and O–H groups in total. The summed E-state index contributed by atoms with van der Waals surface area (Å²) in [4.78, 5) is 11.9. The van der Waals surface area contributed by atoms with E-state index >= 15 is 0 Å². The lowest BCUT2D eigenvalue weighted by molar-refractivity contribution is 0.102. The first-order valence-electron chi connectivity index (χ1n) is 5.75. The third kappa shape index (κ3) is 2.75. The second kappa shape index (κ2) is 5.46. The molecule has 18 heavy (non-hydrogen) atoms. The molecule has 94 valence electrons. The van der Waals surface area contributed by atoms with Crippen molar-refractivity contribution in [2.45, 2.75) is 13.5 Å². The van der Waals surface area contributed by atoms with E-state index in [1.54, 1.807) is 0 Å². The molecule has 1 aromatic heterocycles. The molecule has 0 unspecified atom stereocenters. The highest BCUT2D eigenvalue weighted by Gasteiger charge is 2.10. The maximum atomic E-state index is 11.9. The normalized spacial score (nSPS) is 10.3. The van der Waals surface area contributed by atoms with E-state index in [2.05, 4.69) is 20.8 Å². The van der Waals surface area contributed by atoms with E-state index in [1.807, 2.05) is 38.2 Å². The molecule has 0 spiro atoms. The predicted octanol–water partition coefficient (Wildman–Crippen LogP) is 1.69. The van der Waals surface area contributed by atoms with Crippen LogP contribution >= 0.6 is 0 Å². The number of aryl methyl sites for hydroxylation is 1. The number of nitrogens with zero attached hydrogens (tertiary/aromatic N) is 1. The van der Waals surface area contributed by atoms with E-state index in [0.717, 1.165) is 17.9 Å². The van der Waals surface area contributed by atoms with Gasteiger partial charge in [0.2, 0.25) is 0 Å². The van der Waals surface area contributed by atoms with E-state index in [1.165, 1.54) is 11.8 Å². The van der Waals surface area contributed by atoms with Gasteiger partial charge in [0.15, 0.2) is 0 Å². The Morgan fingerprint density at radius 3 is 2.61 bits per heavy atom. The number of aromatic nitrogens is 2. The number of nitrogens with one attached hydrogen (secondary N) is 3. The summed E-state index contributed by atoms with van der Waals surface area (Å²) in [6.45, 7) is 2.63. The van der Waals surface area contributed by atoms with E-state index in [4.69, 9.17) is 0 Å². The quantitative estimate of drug-likeness (QED) is 0.766. The Balaban J connectivity index is 2.05. The second-order valence-corrected chi connectivity index (χ2v) is 4.09. The van der Waals surface area contributed by atoms with Crippen LogP contribution in [0.1, 0.15) is 21.6 Å². The molecule has 1 amide bonds. The van der Waals surface area contributed by atoms with Gasteiger partial charge in [-0.1, -0.05) is 12.1 Å². The fourth-order valence-electron chi connectivity index (χ4n) is 1.69. The lowest BCUT2D eigenvalue weighted by Crippen LogP contribution is -2.12. The van der Waals surface area contributed by atoms with E-state index in [9.17, 15) is 4.79 Å². The number of carbonyl (C=O) groups excluding carboxylic acids is 1. The van der Waals surface area contributed by atoms with Gasteiger partial charge in [0.25, 0.3) is 5.91 Å². The van der Waals surface area contributed by atoms with Gasteiger partial charge < -0.3 is 10.6 Å². The maximum absolute atomic E-state index is 11.9. The van der Waals surface area contributed by atoms with Gasteiger partial charge in [-0.3, -0.25) is 9.89 Å². The first-order chi connectivity index (χ1) is 8.70. The van der Waals surface area contributed by atoms with Crippen molar-refractivity contribution < 1.29 is 4.79 Å². The molecule has 1 heterocycles. The van der Waals surface area contributed by atoms with Crippen molar-refractivity contribution >= 4 is 11.6 Å². The minimum absolute atomic E-state index is 0.150. The summed E-state index contributed by atoms with van der Waals surface area (Å²) < 4.78 is 0. The Labute approximate surface area is 106 Å². The Hall–Kier alpha value is -2.14. The van der Waals surface area contributed by atoms with Gasteiger partial charge in [0, 0.05) is 17.9 Å². The number of aromatic amines is 1. The number of carbonyl (C=O) groups is 1. The van der Waals surface area contributed by atoms with Crippen LogP contribution in [0.15, 0.2) is 30.5 Å². The molecule has 0 aliphatic heterocycles. The molecule has 5 heteroatoms. The predicted molar refractivity (Wildman–Crippen MR) is 70.5 cm³/mol. The summed E-state index contributed by atoms with van der Waals surface area (Å²) in [5.74, 6) is -0.150. The highest BCUT2D eigenvalue weighted by atomic mass is 16.1. The van der Waals surface area contributed by atoms with Crippen LogP contribution in [0.25, 0.3) is 0 Å². The van der Waals surface area contributed by atoms with Crippen molar-refractivity contribution in [2.24, 2.45) is 0 Å². The molecule has 1 aromatic carbocycles. The summed E-state index contributed by atoms with van der Waals surface area (Å²) in [5, 5.41) is 12.5. The minimum atomic E-state index is -0.150. The highest BCUT2D eigenvalue weighted by molar-refractivity contribution is 6.04. The van der Waals surface area contributed by atoms with Crippen LogP contribution in [0.2, 0.25) is 0 Å². The molecule has 2 aromatic rings. The van der Waals surface area contributed by atoms with Gasteiger partial charge in [-0.2, -0.15) is 5.10 Å². The van der Waals surface area contributed by atoms with Crippen LogP contribution in [-0.4, -0.2) is 23.2 Å². The largest absolute Gasteiger partial charge is 0.322 e. The van der Waals surface area contributed by atoms with Gasteiger partial charge >= 0.3 is 0 Å². The molecule has 0 atom stereocenters. The summed E-state index contributed by atoms with van der Waals surface area (Å²) in [6, 6.07) is 7.74. The van der Waals surface area contributed by atoms with Crippen LogP contribution in [0, 0.1) is 6.92 Å². The summed E-state index contributed by atoms with van der Waals surface area (Å²) in [5.41, 5.74) is 3.28. The third-order valence-corrected chi connectivity index (χ3v) is 2.67. The summed E-state index contributed by atoms with van der Waals surface area (Å²) in [6.07, 6.45) is 1.53. The molecule has 0 aliphatic carbocycles. The van der Waals surface area contributed by atoms with Crippen LogP contribution in [-0.2, 0) is 6.54 Å². The Bertz CT molecular complexity index is 530. The molecular weight excluding hydrogens is 228 g/mol. The van der Waals surface area contributed by atoms with E-state index in [0.29, 0.717) is 5.56 Å². The zero-order chi connectivity index (χ0) is 13.0. The second-order valence-electron chi connectivity index (χ2n) is 4.09. The number of anilines is 1. The summed E-state index contributed by atoms with van der Waals surface area (Å²) in [7, 11) is 1.90. The van der Waals surface area contributed by atoms with Crippen molar-refractivity contribution in [3.8, 4) is 0 Å². The van der Waals surface area contributed by atoms with E-state index in [-0.39, 0.29) is 5.91 Å². The molecule has 2 rings (SSSR count). The standard InChI is InChI=1S/C13H16N4O/c1-9-12(8-15-17-9)13(18)16-11-5-3-10(4-6-11)7-14-2/h3-6,8,14H,7H2,1-2H3,(H,15,17)(H,16,18). The minimum Gasteiger partial charge on any atom is -0.322 e. The van der Waals surface area contributed by atoms with Crippen molar-refractivity contribution in [3.05, 3.63) is 47.3 Å². The van der Waals surface area contributed by atoms with Crippen LogP contribution < -0.4 is 10.6 Å². The topological polar surface area (TPSA) is 69.8 Å².